The van der Waals surface area contributed by atoms with Crippen LogP contribution in [0.1, 0.15) is 0 Å². The summed E-state index contributed by atoms with van der Waals surface area (Å²) in [6.45, 7) is 0.694. The van der Waals surface area contributed by atoms with E-state index in [4.69, 9.17) is 27.3 Å². The molecule has 9 heteroatoms. The summed E-state index contributed by atoms with van der Waals surface area (Å²) in [4.78, 5) is 4.75. The second-order valence-electron chi connectivity index (χ2n) is 2.57. The standard InChI is InChI=1S/C6H12ClN5O2S/c1-15-3-2-9-6-4(5(8)10-13)12(7)14-11-6/h9,11,13H,2-3H2,1H3,(H2,8,10). The van der Waals surface area contributed by atoms with E-state index < -0.39 is 0 Å². The number of hydrogen-bond donors (Lipinski definition) is 5. The number of nitrogens with one attached hydrogen (secondary N) is 4. The van der Waals surface area contributed by atoms with Gasteiger partial charge in [-0.2, -0.15) is 11.8 Å². The minimum atomic E-state index is -0.262. The van der Waals surface area contributed by atoms with Crippen LogP contribution in [-0.4, -0.2) is 34.2 Å². The van der Waals surface area contributed by atoms with Crippen LogP contribution in [0.3, 0.4) is 0 Å². The molecule has 0 saturated heterocycles. The number of rotatable bonds is 5. The number of halogens is 1. The summed E-state index contributed by atoms with van der Waals surface area (Å²) < 4.78 is 0.826. The van der Waals surface area contributed by atoms with Gasteiger partial charge in [-0.3, -0.25) is 16.1 Å². The summed E-state index contributed by atoms with van der Waals surface area (Å²) in [6.07, 6.45) is 1.99. The van der Waals surface area contributed by atoms with Gasteiger partial charge in [-0.15, -0.1) is 9.52 Å². The molecule has 86 valence electrons. The van der Waals surface area contributed by atoms with Crippen molar-refractivity contribution in [2.75, 3.05) is 18.6 Å². The first kappa shape index (κ1) is 12.2. The van der Waals surface area contributed by atoms with Crippen LogP contribution in [0.25, 0.3) is 0 Å². The lowest BCUT2D eigenvalue weighted by atomic mass is 10.4. The van der Waals surface area contributed by atoms with E-state index in [2.05, 4.69) is 10.8 Å². The lowest BCUT2D eigenvalue weighted by molar-refractivity contribution is -0.0820. The zero-order valence-corrected chi connectivity index (χ0v) is 9.58. The molecule has 7 nitrogen and oxygen atoms in total. The average molecular weight is 254 g/mol. The highest BCUT2D eigenvalue weighted by atomic mass is 35.5. The molecule has 0 unspecified atom stereocenters. The quantitative estimate of drug-likeness (QED) is 0.154. The van der Waals surface area contributed by atoms with Crippen molar-refractivity contribution in [1.82, 2.24) is 20.9 Å². The molecule has 0 bridgehead atoms. The Balaban J connectivity index is 2.63. The summed E-state index contributed by atoms with van der Waals surface area (Å²) in [5.74, 6) is 1.08. The molecule has 0 amide bonds. The maximum atomic E-state index is 8.59. The van der Waals surface area contributed by atoms with Crippen molar-refractivity contribution in [3.63, 3.8) is 0 Å². The van der Waals surface area contributed by atoms with E-state index in [0.29, 0.717) is 12.4 Å². The van der Waals surface area contributed by atoms with Crippen LogP contribution in [0.5, 0.6) is 0 Å². The van der Waals surface area contributed by atoms with E-state index in [1.165, 1.54) is 0 Å². The highest BCUT2D eigenvalue weighted by Crippen LogP contribution is 2.16. The molecule has 1 aliphatic heterocycles. The van der Waals surface area contributed by atoms with E-state index >= 15 is 0 Å². The number of hydrogen-bond acceptors (Lipinski definition) is 7. The van der Waals surface area contributed by atoms with Crippen LogP contribution in [-0.2, 0) is 4.94 Å². The summed E-state index contributed by atoms with van der Waals surface area (Å²) in [7, 11) is 0. The minimum Gasteiger partial charge on any atom is -0.367 e. The number of hydroxylamine groups is 3. The first-order chi connectivity index (χ1) is 7.20. The van der Waals surface area contributed by atoms with Crippen LogP contribution < -0.4 is 16.3 Å². The van der Waals surface area contributed by atoms with Gasteiger partial charge in [0.25, 0.3) is 0 Å². The third kappa shape index (κ3) is 3.06. The van der Waals surface area contributed by atoms with Crippen molar-refractivity contribution >= 4 is 29.4 Å². The highest BCUT2D eigenvalue weighted by molar-refractivity contribution is 7.98. The molecule has 0 aromatic heterocycles. The molecule has 15 heavy (non-hydrogen) atoms. The minimum absolute atomic E-state index is 0.195. The lowest BCUT2D eigenvalue weighted by Gasteiger charge is -2.09. The molecular weight excluding hydrogens is 242 g/mol. The SMILES string of the molecule is CSCCNC1=C(C(=N)NO)N(Cl)ON1. The van der Waals surface area contributed by atoms with Crippen LogP contribution >= 0.6 is 23.5 Å². The summed E-state index contributed by atoms with van der Waals surface area (Å²) in [6, 6.07) is 0. The smallest absolute Gasteiger partial charge is 0.173 e. The first-order valence-corrected chi connectivity index (χ1v) is 5.79. The second-order valence-corrected chi connectivity index (χ2v) is 3.86. The largest absolute Gasteiger partial charge is 0.367 e. The zero-order valence-electron chi connectivity index (χ0n) is 8.00. The summed E-state index contributed by atoms with van der Waals surface area (Å²) in [5.41, 5.74) is 4.38. The molecule has 1 aliphatic rings. The fourth-order valence-electron chi connectivity index (χ4n) is 0.931. The van der Waals surface area contributed by atoms with Gasteiger partial charge in [0.05, 0.1) is 0 Å². The first-order valence-electron chi connectivity index (χ1n) is 4.05. The molecule has 1 rings (SSSR count). The topological polar surface area (TPSA) is 92.6 Å². The molecule has 0 aromatic rings. The molecule has 0 saturated carbocycles. The van der Waals surface area contributed by atoms with Gasteiger partial charge >= 0.3 is 0 Å². The van der Waals surface area contributed by atoms with E-state index in [1.54, 1.807) is 17.2 Å². The van der Waals surface area contributed by atoms with Gasteiger partial charge in [-0.1, -0.05) is 0 Å². The molecule has 0 radical (unpaired) electrons. The number of nitrogens with zero attached hydrogens (tertiary/aromatic N) is 1. The van der Waals surface area contributed by atoms with E-state index in [0.717, 1.165) is 10.3 Å². The Kier molecular flexibility index (Phi) is 4.82. The van der Waals surface area contributed by atoms with Gasteiger partial charge in [0, 0.05) is 24.1 Å². The monoisotopic (exact) mass is 253 g/mol. The van der Waals surface area contributed by atoms with Gasteiger partial charge in [0.1, 0.15) is 0 Å². The Bertz CT molecular complexity index is 274. The van der Waals surface area contributed by atoms with Gasteiger partial charge in [-0.05, 0) is 6.26 Å². The van der Waals surface area contributed by atoms with Crippen molar-refractivity contribution in [2.45, 2.75) is 0 Å². The lowest BCUT2D eigenvalue weighted by Crippen LogP contribution is -2.29. The van der Waals surface area contributed by atoms with E-state index in [9.17, 15) is 0 Å². The maximum absolute atomic E-state index is 8.59. The predicted octanol–water partition coefficient (Wildman–Crippen LogP) is -0.0302. The predicted molar refractivity (Wildman–Crippen MR) is 58.0 cm³/mol. The van der Waals surface area contributed by atoms with Crippen LogP contribution in [0, 0.1) is 5.41 Å². The van der Waals surface area contributed by atoms with Crippen molar-refractivity contribution in [3.8, 4) is 0 Å². The van der Waals surface area contributed by atoms with Crippen molar-refractivity contribution in [1.29, 1.82) is 5.41 Å². The maximum Gasteiger partial charge on any atom is 0.173 e. The summed E-state index contributed by atoms with van der Waals surface area (Å²) >= 11 is 7.30. The molecule has 5 N–H and O–H groups in total. The number of thioether (sulfide) groups is 1. The highest BCUT2D eigenvalue weighted by Gasteiger charge is 2.26. The van der Waals surface area contributed by atoms with Crippen LogP contribution in [0.15, 0.2) is 11.5 Å². The molecule has 0 spiro atoms. The van der Waals surface area contributed by atoms with Crippen molar-refractivity contribution in [3.05, 3.63) is 11.5 Å². The molecular formula is C6H12ClN5O2S. The normalized spacial score (nSPS) is 15.3. The molecule has 0 aromatic carbocycles. The van der Waals surface area contributed by atoms with Gasteiger partial charge in [0.2, 0.25) is 0 Å². The van der Waals surface area contributed by atoms with Gasteiger partial charge in [-0.25, -0.2) is 5.48 Å². The molecule has 0 aliphatic carbocycles. The Labute approximate surface area is 96.3 Å². The fourth-order valence-corrected chi connectivity index (χ4v) is 1.44. The zero-order chi connectivity index (χ0) is 11.3. The van der Waals surface area contributed by atoms with Gasteiger partial charge < -0.3 is 5.32 Å². The Morgan fingerprint density at radius 1 is 1.80 bits per heavy atom. The summed E-state index contributed by atoms with van der Waals surface area (Å²) in [5, 5.41) is 18.9. The van der Waals surface area contributed by atoms with Crippen molar-refractivity contribution in [2.24, 2.45) is 0 Å². The Hall–Kier alpha value is -0.830. The molecule has 1 heterocycles. The van der Waals surface area contributed by atoms with E-state index in [1.807, 2.05) is 6.26 Å². The molecule has 0 fully saturated rings. The Morgan fingerprint density at radius 3 is 3.13 bits per heavy atom. The van der Waals surface area contributed by atoms with Crippen LogP contribution in [0.4, 0.5) is 0 Å². The molecule has 0 atom stereocenters. The van der Waals surface area contributed by atoms with Crippen molar-refractivity contribution < 1.29 is 10.1 Å². The number of amidine groups is 1. The van der Waals surface area contributed by atoms with E-state index in [-0.39, 0.29) is 11.5 Å². The third-order valence-corrected chi connectivity index (χ3v) is 2.45. The van der Waals surface area contributed by atoms with Crippen LogP contribution in [0.2, 0.25) is 0 Å². The fraction of sp³-hybridized carbons (Fsp3) is 0.500. The second kappa shape index (κ2) is 5.91. The Morgan fingerprint density at radius 2 is 2.53 bits per heavy atom. The third-order valence-electron chi connectivity index (χ3n) is 1.60. The average Bonchev–Trinajstić information content (AvgIpc) is 2.59. The van der Waals surface area contributed by atoms with Gasteiger partial charge in [0.15, 0.2) is 17.4 Å².